The fourth-order valence-electron chi connectivity index (χ4n) is 1.58. The lowest BCUT2D eigenvalue weighted by molar-refractivity contribution is 0.631. The van der Waals surface area contributed by atoms with E-state index in [1.165, 1.54) is 6.07 Å². The lowest BCUT2D eigenvalue weighted by Gasteiger charge is -2.01. The molecule has 1 atom stereocenters. The predicted molar refractivity (Wildman–Crippen MR) is 77.3 cm³/mol. The molecule has 1 nitrogen and oxygen atoms in total. The van der Waals surface area contributed by atoms with Crippen molar-refractivity contribution in [1.29, 1.82) is 0 Å². The topological polar surface area (TPSA) is 12.0 Å². The van der Waals surface area contributed by atoms with Crippen LogP contribution in [-0.2, 0) is 0 Å². The maximum absolute atomic E-state index is 13.6. The first-order valence-electron chi connectivity index (χ1n) is 5.91. The molecule has 0 fully saturated rings. The van der Waals surface area contributed by atoms with Crippen molar-refractivity contribution in [2.75, 3.05) is 7.05 Å². The lowest BCUT2D eigenvalue weighted by Crippen LogP contribution is -2.17. The van der Waals surface area contributed by atoms with Crippen LogP contribution in [0.15, 0.2) is 42.5 Å². The van der Waals surface area contributed by atoms with Gasteiger partial charge in [-0.2, -0.15) is 0 Å². The Hall–Kier alpha value is -1.45. The van der Waals surface area contributed by atoms with E-state index in [0.717, 1.165) is 9.75 Å². The second kappa shape index (κ2) is 5.94. The average Bonchev–Trinajstić information content (AvgIpc) is 2.85. The van der Waals surface area contributed by atoms with Gasteiger partial charge in [0.15, 0.2) is 0 Å². The highest BCUT2D eigenvalue weighted by Gasteiger charge is 2.06. The van der Waals surface area contributed by atoms with Gasteiger partial charge in [0.25, 0.3) is 0 Å². The van der Waals surface area contributed by atoms with E-state index in [-0.39, 0.29) is 5.82 Å². The summed E-state index contributed by atoms with van der Waals surface area (Å²) in [5, 5.41) is 3.14. The fraction of sp³-hybridized carbons (Fsp3) is 0.200. The summed E-state index contributed by atoms with van der Waals surface area (Å²) in [6.07, 6.45) is 4.16. The third-order valence-corrected chi connectivity index (χ3v) is 3.85. The molecule has 0 amide bonds. The summed E-state index contributed by atoms with van der Waals surface area (Å²) >= 11 is 1.60. The van der Waals surface area contributed by atoms with Crippen LogP contribution in [0.1, 0.15) is 11.8 Å². The Morgan fingerprint density at radius 3 is 2.72 bits per heavy atom. The van der Waals surface area contributed by atoms with Gasteiger partial charge in [0.05, 0.1) is 0 Å². The zero-order valence-corrected chi connectivity index (χ0v) is 11.3. The zero-order chi connectivity index (χ0) is 13.0. The number of hydrogen-bond donors (Lipinski definition) is 1. The van der Waals surface area contributed by atoms with Crippen molar-refractivity contribution < 1.29 is 4.39 Å². The number of benzene rings is 1. The Morgan fingerprint density at radius 1 is 1.22 bits per heavy atom. The van der Waals surface area contributed by atoms with E-state index in [0.29, 0.717) is 11.6 Å². The molecule has 0 aliphatic rings. The van der Waals surface area contributed by atoms with E-state index < -0.39 is 0 Å². The molecule has 1 heterocycles. The van der Waals surface area contributed by atoms with E-state index in [1.54, 1.807) is 17.4 Å². The van der Waals surface area contributed by atoms with Gasteiger partial charge in [-0.15, -0.1) is 11.3 Å². The van der Waals surface area contributed by atoms with E-state index >= 15 is 0 Å². The van der Waals surface area contributed by atoms with E-state index in [4.69, 9.17) is 0 Å². The van der Waals surface area contributed by atoms with Gasteiger partial charge in [-0.3, -0.25) is 0 Å². The number of hydrogen-bond acceptors (Lipinski definition) is 2. The molecule has 1 aromatic heterocycles. The SMILES string of the molecule is CNC(C)/C=C/c1ccc(-c2ccccc2F)s1. The van der Waals surface area contributed by atoms with E-state index in [1.807, 2.05) is 31.3 Å². The van der Waals surface area contributed by atoms with Crippen molar-refractivity contribution in [1.82, 2.24) is 5.32 Å². The van der Waals surface area contributed by atoms with Gasteiger partial charge in [0, 0.05) is 21.4 Å². The number of nitrogens with one attached hydrogen (secondary N) is 1. The van der Waals surface area contributed by atoms with Gasteiger partial charge in [-0.25, -0.2) is 4.39 Å². The minimum absolute atomic E-state index is 0.168. The summed E-state index contributed by atoms with van der Waals surface area (Å²) in [6, 6.07) is 11.2. The van der Waals surface area contributed by atoms with Crippen LogP contribution in [0.2, 0.25) is 0 Å². The molecule has 0 saturated carbocycles. The Balaban J connectivity index is 2.21. The summed E-state index contributed by atoms with van der Waals surface area (Å²) in [5.74, 6) is -0.168. The Kier molecular flexibility index (Phi) is 4.28. The zero-order valence-electron chi connectivity index (χ0n) is 10.5. The van der Waals surface area contributed by atoms with Crippen molar-refractivity contribution in [3.05, 3.63) is 53.2 Å². The summed E-state index contributed by atoms with van der Waals surface area (Å²) in [5.41, 5.74) is 0.670. The van der Waals surface area contributed by atoms with Crippen molar-refractivity contribution in [2.24, 2.45) is 0 Å². The molecule has 0 saturated heterocycles. The summed E-state index contributed by atoms with van der Waals surface area (Å²) in [6.45, 7) is 2.09. The molecule has 2 rings (SSSR count). The Labute approximate surface area is 111 Å². The molecule has 1 N–H and O–H groups in total. The van der Waals surface area contributed by atoms with Crippen LogP contribution < -0.4 is 5.32 Å². The molecule has 3 heteroatoms. The van der Waals surface area contributed by atoms with Crippen LogP contribution >= 0.6 is 11.3 Å². The maximum Gasteiger partial charge on any atom is 0.131 e. The summed E-state index contributed by atoms with van der Waals surface area (Å²) in [7, 11) is 1.92. The van der Waals surface area contributed by atoms with Gasteiger partial charge in [-0.05, 0) is 38.2 Å². The lowest BCUT2D eigenvalue weighted by atomic mass is 10.2. The predicted octanol–water partition coefficient (Wildman–Crippen LogP) is 4.18. The monoisotopic (exact) mass is 261 g/mol. The summed E-state index contributed by atoms with van der Waals surface area (Å²) in [4.78, 5) is 2.10. The number of likely N-dealkylation sites (N-methyl/N-ethyl adjacent to an activating group) is 1. The van der Waals surface area contributed by atoms with Crippen LogP contribution in [-0.4, -0.2) is 13.1 Å². The molecule has 0 radical (unpaired) electrons. The van der Waals surface area contributed by atoms with Crippen molar-refractivity contribution in [2.45, 2.75) is 13.0 Å². The molecule has 0 aliphatic heterocycles. The molecule has 18 heavy (non-hydrogen) atoms. The fourth-order valence-corrected chi connectivity index (χ4v) is 2.53. The van der Waals surface area contributed by atoms with Crippen molar-refractivity contribution in [3.8, 4) is 10.4 Å². The first kappa shape index (κ1) is 13.0. The highest BCUT2D eigenvalue weighted by molar-refractivity contribution is 7.16. The highest BCUT2D eigenvalue weighted by atomic mass is 32.1. The van der Waals surface area contributed by atoms with E-state index in [2.05, 4.69) is 24.4 Å². The minimum Gasteiger partial charge on any atom is -0.314 e. The third kappa shape index (κ3) is 3.06. The van der Waals surface area contributed by atoms with Gasteiger partial charge in [0.1, 0.15) is 5.82 Å². The minimum atomic E-state index is -0.168. The Bertz CT molecular complexity index is 545. The van der Waals surface area contributed by atoms with Crippen LogP contribution in [0.4, 0.5) is 4.39 Å². The van der Waals surface area contributed by atoms with Crippen LogP contribution in [0.25, 0.3) is 16.5 Å². The molecule has 0 bridgehead atoms. The van der Waals surface area contributed by atoms with E-state index in [9.17, 15) is 4.39 Å². The Morgan fingerprint density at radius 2 is 2.00 bits per heavy atom. The van der Waals surface area contributed by atoms with Gasteiger partial charge < -0.3 is 5.32 Å². The first-order chi connectivity index (χ1) is 8.70. The second-order valence-electron chi connectivity index (χ2n) is 4.12. The molecule has 0 spiro atoms. The number of halogens is 1. The maximum atomic E-state index is 13.6. The van der Waals surface area contributed by atoms with Gasteiger partial charge in [-0.1, -0.05) is 24.3 Å². The van der Waals surface area contributed by atoms with Crippen molar-refractivity contribution in [3.63, 3.8) is 0 Å². The molecule has 1 unspecified atom stereocenters. The molecule has 0 aliphatic carbocycles. The quantitative estimate of drug-likeness (QED) is 0.870. The van der Waals surface area contributed by atoms with Gasteiger partial charge >= 0.3 is 0 Å². The van der Waals surface area contributed by atoms with Crippen LogP contribution in [0.3, 0.4) is 0 Å². The molecule has 94 valence electrons. The standard InChI is InChI=1S/C15H16FNS/c1-11(17-2)7-8-12-9-10-15(18-12)13-5-3-4-6-14(13)16/h3-11,17H,1-2H3/b8-7+. The van der Waals surface area contributed by atoms with Crippen LogP contribution in [0, 0.1) is 5.82 Å². The normalized spacial score (nSPS) is 13.1. The molecular formula is C15H16FNS. The first-order valence-corrected chi connectivity index (χ1v) is 6.72. The molecular weight excluding hydrogens is 245 g/mol. The average molecular weight is 261 g/mol. The molecule has 1 aromatic carbocycles. The van der Waals surface area contributed by atoms with Crippen LogP contribution in [0.5, 0.6) is 0 Å². The van der Waals surface area contributed by atoms with Gasteiger partial charge in [0.2, 0.25) is 0 Å². The third-order valence-electron chi connectivity index (χ3n) is 2.77. The molecule has 2 aromatic rings. The van der Waals surface area contributed by atoms with Crippen molar-refractivity contribution >= 4 is 17.4 Å². The number of thiophene rings is 1. The number of rotatable bonds is 4. The summed E-state index contributed by atoms with van der Waals surface area (Å²) < 4.78 is 13.6. The smallest absolute Gasteiger partial charge is 0.131 e. The second-order valence-corrected chi connectivity index (χ2v) is 5.23. The largest absolute Gasteiger partial charge is 0.314 e. The highest BCUT2D eigenvalue weighted by Crippen LogP contribution is 2.30.